The molecule has 0 aliphatic heterocycles. The second-order valence-electron chi connectivity index (χ2n) is 5.86. The van der Waals surface area contributed by atoms with Crippen molar-refractivity contribution in [1.82, 2.24) is 9.55 Å². The fourth-order valence-corrected chi connectivity index (χ4v) is 4.23. The van der Waals surface area contributed by atoms with Crippen LogP contribution in [-0.4, -0.2) is 9.55 Å². The van der Waals surface area contributed by atoms with Crippen molar-refractivity contribution in [2.75, 3.05) is 0 Å². The van der Waals surface area contributed by atoms with Gasteiger partial charge in [0.25, 0.3) is 0 Å². The zero-order valence-corrected chi connectivity index (χ0v) is 14.4. The van der Waals surface area contributed by atoms with Crippen molar-refractivity contribution < 1.29 is 4.39 Å². The summed E-state index contributed by atoms with van der Waals surface area (Å²) in [6.07, 6.45) is 5.52. The molecular formula is C21H17FN2S. The average Bonchev–Trinajstić information content (AvgIpc) is 3.16. The van der Waals surface area contributed by atoms with Crippen LogP contribution in [0, 0.1) is 5.82 Å². The summed E-state index contributed by atoms with van der Waals surface area (Å²) in [6, 6.07) is 21.6. The first-order valence-electron chi connectivity index (χ1n) is 8.16. The van der Waals surface area contributed by atoms with Gasteiger partial charge < -0.3 is 4.57 Å². The van der Waals surface area contributed by atoms with Gasteiger partial charge in [-0.1, -0.05) is 54.6 Å². The predicted octanol–water partition coefficient (Wildman–Crippen LogP) is 5.71. The number of halogens is 1. The zero-order valence-electron chi connectivity index (χ0n) is 13.5. The van der Waals surface area contributed by atoms with Gasteiger partial charge in [-0.15, -0.1) is 11.8 Å². The Morgan fingerprint density at radius 3 is 2.60 bits per heavy atom. The van der Waals surface area contributed by atoms with Gasteiger partial charge in [-0.2, -0.15) is 0 Å². The molecule has 0 spiro atoms. The Bertz CT molecular complexity index is 977. The molecule has 0 bridgehead atoms. The maximum atomic E-state index is 14.2. The molecule has 4 aromatic rings. The number of imidazole rings is 1. The minimum atomic E-state index is -0.177. The Labute approximate surface area is 150 Å². The molecule has 1 heterocycles. The van der Waals surface area contributed by atoms with Crippen molar-refractivity contribution in [2.45, 2.75) is 16.7 Å². The van der Waals surface area contributed by atoms with E-state index >= 15 is 0 Å². The van der Waals surface area contributed by atoms with Crippen LogP contribution in [0.15, 0.2) is 90.3 Å². The number of fused-ring (bicyclic) bond motifs is 1. The molecule has 3 aromatic carbocycles. The molecule has 124 valence electrons. The molecule has 0 fully saturated rings. The second-order valence-corrected chi connectivity index (χ2v) is 7.11. The molecule has 4 rings (SSSR count). The summed E-state index contributed by atoms with van der Waals surface area (Å²) in [5.41, 5.74) is 1.21. The van der Waals surface area contributed by atoms with Gasteiger partial charge in [-0.05, 0) is 28.5 Å². The van der Waals surface area contributed by atoms with Crippen molar-refractivity contribution >= 4 is 22.5 Å². The topological polar surface area (TPSA) is 17.8 Å². The fraction of sp³-hybridized carbons (Fsp3) is 0.0952. The number of hydrogen-bond acceptors (Lipinski definition) is 2. The van der Waals surface area contributed by atoms with Gasteiger partial charge in [0.05, 0.1) is 11.6 Å². The quantitative estimate of drug-likeness (QED) is 0.430. The maximum Gasteiger partial charge on any atom is 0.136 e. The van der Waals surface area contributed by atoms with Crippen LogP contribution in [0.1, 0.15) is 10.8 Å². The van der Waals surface area contributed by atoms with Crippen LogP contribution < -0.4 is 0 Å². The van der Waals surface area contributed by atoms with Crippen LogP contribution in [-0.2, 0) is 6.54 Å². The molecule has 2 nitrogen and oxygen atoms in total. The molecular weight excluding hydrogens is 331 g/mol. The average molecular weight is 348 g/mol. The normalized spacial score (nSPS) is 12.4. The lowest BCUT2D eigenvalue weighted by Crippen LogP contribution is -2.06. The Morgan fingerprint density at radius 1 is 0.960 bits per heavy atom. The van der Waals surface area contributed by atoms with E-state index in [4.69, 9.17) is 0 Å². The number of rotatable bonds is 5. The lowest BCUT2D eigenvalue weighted by atomic mass is 10.0. The van der Waals surface area contributed by atoms with E-state index < -0.39 is 0 Å². The van der Waals surface area contributed by atoms with Crippen LogP contribution in [0.3, 0.4) is 0 Å². The third-order valence-corrected chi connectivity index (χ3v) is 5.48. The summed E-state index contributed by atoms with van der Waals surface area (Å²) in [7, 11) is 0. The van der Waals surface area contributed by atoms with Gasteiger partial charge in [0.1, 0.15) is 5.82 Å². The molecule has 1 unspecified atom stereocenters. The highest BCUT2D eigenvalue weighted by molar-refractivity contribution is 7.99. The van der Waals surface area contributed by atoms with Crippen LogP contribution >= 0.6 is 11.8 Å². The van der Waals surface area contributed by atoms with Gasteiger partial charge in [0.2, 0.25) is 0 Å². The third-order valence-electron chi connectivity index (χ3n) is 4.21. The van der Waals surface area contributed by atoms with E-state index in [0.29, 0.717) is 4.90 Å². The van der Waals surface area contributed by atoms with Crippen molar-refractivity contribution in [3.63, 3.8) is 0 Å². The van der Waals surface area contributed by atoms with Gasteiger partial charge in [-0.25, -0.2) is 9.37 Å². The standard InChI is InChI=1S/C21H17FN2S/c22-19-10-3-4-11-20(19)25-21(14-24-13-12-23-15-24)18-9-5-7-16-6-1-2-8-17(16)18/h1-13,15,21H,14H2. The first-order chi connectivity index (χ1) is 12.3. The summed E-state index contributed by atoms with van der Waals surface area (Å²) in [6.45, 7) is 0.729. The minimum Gasteiger partial charge on any atom is -0.336 e. The summed E-state index contributed by atoms with van der Waals surface area (Å²) in [5.74, 6) is -0.177. The first-order valence-corrected chi connectivity index (χ1v) is 9.04. The Kier molecular flexibility index (Phi) is 4.53. The molecule has 0 saturated heterocycles. The van der Waals surface area contributed by atoms with Crippen molar-refractivity contribution in [3.05, 3.63) is 96.8 Å². The molecule has 0 amide bonds. The number of hydrogen-bond donors (Lipinski definition) is 0. The van der Waals surface area contributed by atoms with Gasteiger partial charge in [-0.3, -0.25) is 0 Å². The smallest absolute Gasteiger partial charge is 0.136 e. The minimum absolute atomic E-state index is 0.0807. The lowest BCUT2D eigenvalue weighted by molar-refractivity contribution is 0.600. The maximum absolute atomic E-state index is 14.2. The van der Waals surface area contributed by atoms with E-state index in [1.54, 1.807) is 30.4 Å². The lowest BCUT2D eigenvalue weighted by Gasteiger charge is -2.20. The highest BCUT2D eigenvalue weighted by Gasteiger charge is 2.18. The van der Waals surface area contributed by atoms with Crippen LogP contribution in [0.4, 0.5) is 4.39 Å². The van der Waals surface area contributed by atoms with E-state index in [-0.39, 0.29) is 11.1 Å². The summed E-state index contributed by atoms with van der Waals surface area (Å²) >= 11 is 1.56. The first kappa shape index (κ1) is 15.9. The third kappa shape index (κ3) is 3.44. The van der Waals surface area contributed by atoms with E-state index in [0.717, 1.165) is 6.54 Å². The number of nitrogens with zero attached hydrogens (tertiary/aromatic N) is 2. The van der Waals surface area contributed by atoms with Gasteiger partial charge in [0.15, 0.2) is 0 Å². The number of thioether (sulfide) groups is 1. The number of aromatic nitrogens is 2. The highest BCUT2D eigenvalue weighted by atomic mass is 32.2. The Morgan fingerprint density at radius 2 is 1.76 bits per heavy atom. The summed E-state index contributed by atoms with van der Waals surface area (Å²) in [4.78, 5) is 4.80. The Hall–Kier alpha value is -2.59. The monoisotopic (exact) mass is 348 g/mol. The zero-order chi connectivity index (χ0) is 17.1. The molecule has 4 heteroatoms. The molecule has 0 N–H and O–H groups in total. The second kappa shape index (κ2) is 7.11. The van der Waals surface area contributed by atoms with E-state index in [2.05, 4.69) is 35.3 Å². The van der Waals surface area contributed by atoms with Crippen molar-refractivity contribution in [1.29, 1.82) is 0 Å². The molecule has 0 aliphatic rings. The predicted molar refractivity (Wildman–Crippen MR) is 101 cm³/mol. The van der Waals surface area contributed by atoms with Crippen molar-refractivity contribution in [2.24, 2.45) is 0 Å². The summed E-state index contributed by atoms with van der Waals surface area (Å²) in [5, 5.41) is 2.49. The molecule has 1 atom stereocenters. The SMILES string of the molecule is Fc1ccccc1SC(Cn1ccnc1)c1cccc2ccccc12. The van der Waals surface area contributed by atoms with Crippen LogP contribution in [0.25, 0.3) is 10.8 Å². The largest absolute Gasteiger partial charge is 0.336 e. The summed E-state index contributed by atoms with van der Waals surface area (Å²) < 4.78 is 16.3. The van der Waals surface area contributed by atoms with Crippen LogP contribution in [0.2, 0.25) is 0 Å². The molecule has 1 aromatic heterocycles. The van der Waals surface area contributed by atoms with Crippen LogP contribution in [0.5, 0.6) is 0 Å². The molecule has 0 radical (unpaired) electrons. The van der Waals surface area contributed by atoms with E-state index in [1.165, 1.54) is 22.4 Å². The molecule has 0 saturated carbocycles. The number of benzene rings is 3. The van der Waals surface area contributed by atoms with Gasteiger partial charge >= 0.3 is 0 Å². The fourth-order valence-electron chi connectivity index (χ4n) is 3.01. The molecule has 25 heavy (non-hydrogen) atoms. The van der Waals surface area contributed by atoms with E-state index in [9.17, 15) is 4.39 Å². The van der Waals surface area contributed by atoms with Gasteiger partial charge in [0, 0.05) is 23.8 Å². The molecule has 0 aliphatic carbocycles. The Balaban J connectivity index is 1.78. The van der Waals surface area contributed by atoms with Crippen molar-refractivity contribution in [3.8, 4) is 0 Å². The van der Waals surface area contributed by atoms with E-state index in [1.807, 2.05) is 35.0 Å². The highest BCUT2D eigenvalue weighted by Crippen LogP contribution is 2.40.